The van der Waals surface area contributed by atoms with Crippen molar-refractivity contribution in [2.24, 2.45) is 0 Å². The Balaban J connectivity index is 1.32. The van der Waals surface area contributed by atoms with Gasteiger partial charge in [0.1, 0.15) is 5.65 Å². The lowest BCUT2D eigenvalue weighted by atomic mass is 9.87. The summed E-state index contributed by atoms with van der Waals surface area (Å²) in [6.07, 6.45) is 7.96. The summed E-state index contributed by atoms with van der Waals surface area (Å²) in [6.45, 7) is 5.95. The molecule has 3 aromatic rings. The normalized spacial score (nSPS) is 19.1. The number of fused-ring (bicyclic) bond motifs is 1. The molecule has 1 saturated heterocycles. The predicted octanol–water partition coefficient (Wildman–Crippen LogP) is 4.62. The third-order valence-corrected chi connectivity index (χ3v) is 6.64. The van der Waals surface area contributed by atoms with Crippen molar-refractivity contribution in [2.75, 3.05) is 13.1 Å². The van der Waals surface area contributed by atoms with Gasteiger partial charge in [-0.25, -0.2) is 4.98 Å². The molecule has 28 heavy (non-hydrogen) atoms. The van der Waals surface area contributed by atoms with Crippen LogP contribution in [-0.2, 0) is 10.2 Å². The largest absolute Gasteiger partial charge is 0.346 e. The van der Waals surface area contributed by atoms with Gasteiger partial charge in [0.2, 0.25) is 5.91 Å². The highest BCUT2D eigenvalue weighted by atomic mass is 16.2. The molecule has 144 valence electrons. The zero-order valence-electron chi connectivity index (χ0n) is 16.7. The summed E-state index contributed by atoms with van der Waals surface area (Å²) in [6, 6.07) is 10.8. The van der Waals surface area contributed by atoms with Crippen molar-refractivity contribution >= 4 is 16.9 Å². The molecule has 1 amide bonds. The molecule has 1 N–H and O–H groups in total. The van der Waals surface area contributed by atoms with Crippen LogP contribution < -0.4 is 0 Å². The number of rotatable bonds is 3. The summed E-state index contributed by atoms with van der Waals surface area (Å²) in [5, 5.41) is 1.22. The number of amides is 1. The minimum Gasteiger partial charge on any atom is -0.346 e. The smallest absolute Gasteiger partial charge is 0.233 e. The van der Waals surface area contributed by atoms with Crippen LogP contribution in [-0.4, -0.2) is 33.9 Å². The van der Waals surface area contributed by atoms with Gasteiger partial charge < -0.3 is 9.88 Å². The number of pyridine rings is 1. The zero-order valence-corrected chi connectivity index (χ0v) is 16.7. The van der Waals surface area contributed by atoms with Crippen molar-refractivity contribution in [2.45, 2.75) is 50.9 Å². The van der Waals surface area contributed by atoms with E-state index in [1.165, 1.54) is 27.6 Å². The molecule has 4 nitrogen and oxygen atoms in total. The van der Waals surface area contributed by atoms with E-state index in [-0.39, 0.29) is 5.41 Å². The first-order valence-electron chi connectivity index (χ1n) is 10.4. The van der Waals surface area contributed by atoms with Crippen LogP contribution in [0.2, 0.25) is 0 Å². The highest BCUT2D eigenvalue weighted by Gasteiger charge is 2.53. The summed E-state index contributed by atoms with van der Waals surface area (Å²) in [5.41, 5.74) is 5.78. The lowest BCUT2D eigenvalue weighted by Crippen LogP contribution is -2.43. The van der Waals surface area contributed by atoms with Crippen molar-refractivity contribution in [3.8, 4) is 0 Å². The van der Waals surface area contributed by atoms with Gasteiger partial charge >= 0.3 is 0 Å². The molecule has 2 fully saturated rings. The number of likely N-dealkylation sites (tertiary alicyclic amines) is 1. The van der Waals surface area contributed by atoms with E-state index >= 15 is 0 Å². The Labute approximate surface area is 166 Å². The minimum atomic E-state index is -0.256. The fourth-order valence-corrected chi connectivity index (χ4v) is 5.01. The molecule has 1 saturated carbocycles. The average Bonchev–Trinajstić information content (AvgIpc) is 3.40. The number of aromatic nitrogens is 2. The van der Waals surface area contributed by atoms with Crippen molar-refractivity contribution in [3.63, 3.8) is 0 Å². The van der Waals surface area contributed by atoms with Gasteiger partial charge in [-0.1, -0.05) is 29.3 Å². The number of hydrogen-bond acceptors (Lipinski definition) is 2. The van der Waals surface area contributed by atoms with Crippen LogP contribution in [0.4, 0.5) is 0 Å². The molecule has 0 atom stereocenters. The maximum absolute atomic E-state index is 13.4. The van der Waals surface area contributed by atoms with Crippen molar-refractivity contribution < 1.29 is 4.79 Å². The number of aryl methyl sites for hydroxylation is 2. The first-order chi connectivity index (χ1) is 13.6. The lowest BCUT2D eigenvalue weighted by Gasteiger charge is -2.34. The number of aromatic amines is 1. The highest BCUT2D eigenvalue weighted by molar-refractivity contribution is 5.91. The number of benzene rings is 1. The highest BCUT2D eigenvalue weighted by Crippen LogP contribution is 2.50. The second-order valence-electron chi connectivity index (χ2n) is 8.67. The molecule has 5 rings (SSSR count). The Morgan fingerprint density at radius 3 is 2.54 bits per heavy atom. The summed E-state index contributed by atoms with van der Waals surface area (Å²) < 4.78 is 0. The number of hydrogen-bond donors (Lipinski definition) is 1. The molecule has 1 aromatic carbocycles. The van der Waals surface area contributed by atoms with Crippen LogP contribution in [0.5, 0.6) is 0 Å². The summed E-state index contributed by atoms with van der Waals surface area (Å²) in [4.78, 5) is 23.2. The third-order valence-electron chi connectivity index (χ3n) is 6.64. The van der Waals surface area contributed by atoms with Crippen molar-refractivity contribution in [1.29, 1.82) is 0 Å². The molecule has 0 radical (unpaired) electrons. The molecule has 1 aliphatic heterocycles. The molecular weight excluding hydrogens is 346 g/mol. The van der Waals surface area contributed by atoms with Gasteiger partial charge in [-0.3, -0.25) is 4.79 Å². The lowest BCUT2D eigenvalue weighted by molar-refractivity contribution is -0.135. The number of nitrogens with zero attached hydrogens (tertiary/aromatic N) is 2. The molecule has 0 bridgehead atoms. The quantitative estimate of drug-likeness (QED) is 0.728. The fraction of sp³-hybridized carbons (Fsp3) is 0.417. The van der Waals surface area contributed by atoms with E-state index < -0.39 is 0 Å². The van der Waals surface area contributed by atoms with E-state index in [0.717, 1.165) is 44.4 Å². The average molecular weight is 374 g/mol. The Morgan fingerprint density at radius 1 is 1.14 bits per heavy atom. The van der Waals surface area contributed by atoms with Gasteiger partial charge in [-0.15, -0.1) is 0 Å². The Hall–Kier alpha value is -2.62. The van der Waals surface area contributed by atoms with Crippen LogP contribution in [0.15, 0.2) is 42.7 Å². The van der Waals surface area contributed by atoms with Crippen LogP contribution in [0.3, 0.4) is 0 Å². The van der Waals surface area contributed by atoms with Crippen LogP contribution >= 0.6 is 0 Å². The fourth-order valence-electron chi connectivity index (χ4n) is 5.01. The summed E-state index contributed by atoms with van der Waals surface area (Å²) >= 11 is 0. The number of piperidine rings is 1. The molecule has 1 aliphatic carbocycles. The van der Waals surface area contributed by atoms with Crippen LogP contribution in [0.25, 0.3) is 11.0 Å². The van der Waals surface area contributed by atoms with Gasteiger partial charge in [0.05, 0.1) is 5.41 Å². The first kappa shape index (κ1) is 17.5. The van der Waals surface area contributed by atoms with Gasteiger partial charge in [-0.2, -0.15) is 0 Å². The summed E-state index contributed by atoms with van der Waals surface area (Å²) in [7, 11) is 0. The number of H-pyrrole nitrogens is 1. The SMILES string of the molecule is Cc1cc(C)cc(C2(C(=O)N3CCC(c4c[nH]c5ncccc45)CC3)CC2)c1. The van der Waals surface area contributed by atoms with Gasteiger partial charge in [0.25, 0.3) is 0 Å². The third kappa shape index (κ3) is 2.83. The van der Waals surface area contributed by atoms with Gasteiger partial charge in [0, 0.05) is 30.9 Å². The van der Waals surface area contributed by atoms with E-state index in [1.807, 2.05) is 12.3 Å². The number of carbonyl (C=O) groups is 1. The summed E-state index contributed by atoms with van der Waals surface area (Å²) in [5.74, 6) is 0.843. The van der Waals surface area contributed by atoms with Gasteiger partial charge in [0.15, 0.2) is 0 Å². The minimum absolute atomic E-state index is 0.256. The Bertz CT molecular complexity index is 1020. The Morgan fingerprint density at radius 2 is 1.86 bits per heavy atom. The standard InChI is InChI=1S/C24H27N3O/c1-16-12-17(2)14-19(13-16)24(7-8-24)23(28)27-10-5-18(6-11-27)21-15-26-22-20(21)4-3-9-25-22/h3-4,9,12-15,18H,5-8,10-11H2,1-2H3,(H,25,26). The van der Waals surface area contributed by atoms with Crippen LogP contribution in [0, 0.1) is 13.8 Å². The van der Waals surface area contributed by atoms with E-state index in [4.69, 9.17) is 0 Å². The van der Waals surface area contributed by atoms with Gasteiger partial charge in [-0.05, 0) is 68.7 Å². The molecule has 3 heterocycles. The van der Waals surface area contributed by atoms with Crippen molar-refractivity contribution in [3.05, 3.63) is 65.0 Å². The number of carbonyl (C=O) groups excluding carboxylic acids is 1. The second-order valence-corrected chi connectivity index (χ2v) is 8.67. The molecular formula is C24H27N3O. The zero-order chi connectivity index (χ0) is 19.3. The number of nitrogens with one attached hydrogen (secondary N) is 1. The molecule has 0 spiro atoms. The Kier molecular flexibility index (Phi) is 4.04. The van der Waals surface area contributed by atoms with Crippen LogP contribution in [0.1, 0.15) is 53.9 Å². The second kappa shape index (κ2) is 6.47. The predicted molar refractivity (Wildman–Crippen MR) is 111 cm³/mol. The van der Waals surface area contributed by atoms with E-state index in [9.17, 15) is 4.79 Å². The van der Waals surface area contributed by atoms with Crippen molar-refractivity contribution in [1.82, 2.24) is 14.9 Å². The topological polar surface area (TPSA) is 49.0 Å². The molecule has 0 unspecified atom stereocenters. The van der Waals surface area contributed by atoms with E-state index in [1.54, 1.807) is 0 Å². The molecule has 2 aliphatic rings. The maximum atomic E-state index is 13.4. The maximum Gasteiger partial charge on any atom is 0.233 e. The monoisotopic (exact) mass is 373 g/mol. The first-order valence-corrected chi connectivity index (χ1v) is 10.4. The molecule has 2 aromatic heterocycles. The molecule has 4 heteroatoms. The van der Waals surface area contributed by atoms with E-state index in [2.05, 4.69) is 59.2 Å². The van der Waals surface area contributed by atoms with E-state index in [0.29, 0.717) is 11.8 Å².